The van der Waals surface area contributed by atoms with E-state index in [1.807, 2.05) is 13.0 Å². The molecule has 3 aromatic rings. The van der Waals surface area contributed by atoms with Crippen molar-refractivity contribution in [2.75, 3.05) is 17.5 Å². The van der Waals surface area contributed by atoms with Crippen LogP contribution in [0.1, 0.15) is 51.5 Å². The van der Waals surface area contributed by atoms with Crippen molar-refractivity contribution in [3.63, 3.8) is 0 Å². The molecular weight excluding hydrogens is 574 g/mol. The summed E-state index contributed by atoms with van der Waals surface area (Å²) in [7, 11) is -4.16. The number of sulfonamides is 1. The zero-order chi connectivity index (χ0) is 30.1. The first-order valence-corrected chi connectivity index (χ1v) is 16.2. The van der Waals surface area contributed by atoms with Crippen LogP contribution in [0, 0.1) is 0 Å². The quantitative estimate of drug-likeness (QED) is 0.279. The van der Waals surface area contributed by atoms with Crippen LogP contribution in [0.25, 0.3) is 0 Å². The van der Waals surface area contributed by atoms with E-state index < -0.39 is 28.5 Å². The standard InChI is InChI=1S/C32H38ClN3O5S/c1-3-41-28-18-20-29(21-19-28)42(39,40)36(27-15-8-5-9-16-27)23-31(37)35(22-25-12-10-11-17-30(25)33)24(2)32(38)34-26-13-6-4-7-14-26/h5,8-12,15-21,24,26H,3-4,6-7,13-14,22-23H2,1-2H3,(H,34,38)/t24-/m0/s1. The number of amides is 2. The number of hydrogen-bond acceptors (Lipinski definition) is 5. The molecule has 1 atom stereocenters. The van der Waals surface area contributed by atoms with Crippen molar-refractivity contribution in [1.29, 1.82) is 0 Å². The topological polar surface area (TPSA) is 96.0 Å². The van der Waals surface area contributed by atoms with Crippen LogP contribution in [0.5, 0.6) is 5.75 Å². The summed E-state index contributed by atoms with van der Waals surface area (Å²) < 4.78 is 34.5. The fourth-order valence-electron chi connectivity index (χ4n) is 5.09. The van der Waals surface area contributed by atoms with Crippen molar-refractivity contribution in [3.05, 3.63) is 89.4 Å². The van der Waals surface area contributed by atoms with E-state index in [1.165, 1.54) is 17.0 Å². The molecule has 0 aromatic heterocycles. The molecule has 1 saturated carbocycles. The van der Waals surface area contributed by atoms with Gasteiger partial charge in [-0.1, -0.05) is 67.3 Å². The normalized spacial score (nSPS) is 14.5. The van der Waals surface area contributed by atoms with Gasteiger partial charge in [-0.05, 0) is 74.7 Å². The molecule has 42 heavy (non-hydrogen) atoms. The van der Waals surface area contributed by atoms with E-state index in [0.717, 1.165) is 36.4 Å². The zero-order valence-corrected chi connectivity index (χ0v) is 25.6. The van der Waals surface area contributed by atoms with Gasteiger partial charge < -0.3 is 15.0 Å². The molecule has 0 aliphatic heterocycles. The molecule has 1 aliphatic rings. The molecule has 1 N–H and O–H groups in total. The molecule has 2 amide bonds. The van der Waals surface area contributed by atoms with Crippen molar-refractivity contribution in [3.8, 4) is 5.75 Å². The number of hydrogen-bond donors (Lipinski definition) is 1. The van der Waals surface area contributed by atoms with Gasteiger partial charge in [-0.3, -0.25) is 13.9 Å². The molecule has 0 unspecified atom stereocenters. The highest BCUT2D eigenvalue weighted by Crippen LogP contribution is 2.27. The lowest BCUT2D eigenvalue weighted by Crippen LogP contribution is -2.53. The van der Waals surface area contributed by atoms with Crippen molar-refractivity contribution in [1.82, 2.24) is 10.2 Å². The Morgan fingerprint density at radius 1 is 0.952 bits per heavy atom. The van der Waals surface area contributed by atoms with E-state index in [2.05, 4.69) is 5.32 Å². The number of carbonyl (C=O) groups excluding carboxylic acids is 2. The summed E-state index contributed by atoms with van der Waals surface area (Å²) in [6.45, 7) is 3.50. The number of nitrogens with one attached hydrogen (secondary N) is 1. The van der Waals surface area contributed by atoms with Gasteiger partial charge in [0.15, 0.2) is 0 Å². The smallest absolute Gasteiger partial charge is 0.264 e. The first-order chi connectivity index (χ1) is 20.2. The van der Waals surface area contributed by atoms with Crippen molar-refractivity contribution < 1.29 is 22.7 Å². The largest absolute Gasteiger partial charge is 0.494 e. The number of anilines is 1. The molecule has 1 aliphatic carbocycles. The van der Waals surface area contributed by atoms with Crippen LogP contribution in [0.3, 0.4) is 0 Å². The summed E-state index contributed by atoms with van der Waals surface area (Å²) in [6, 6.07) is 20.9. The molecule has 3 aromatic carbocycles. The molecule has 0 saturated heterocycles. The lowest BCUT2D eigenvalue weighted by Gasteiger charge is -2.33. The van der Waals surface area contributed by atoms with Crippen molar-refractivity contribution in [2.24, 2.45) is 0 Å². The predicted molar refractivity (Wildman–Crippen MR) is 165 cm³/mol. The molecule has 8 nitrogen and oxygen atoms in total. The third-order valence-corrected chi connectivity index (χ3v) is 9.62. The van der Waals surface area contributed by atoms with Gasteiger partial charge in [0.1, 0.15) is 18.3 Å². The minimum absolute atomic E-state index is 0.0170. The Hall–Kier alpha value is -3.56. The van der Waals surface area contributed by atoms with Gasteiger partial charge >= 0.3 is 0 Å². The lowest BCUT2D eigenvalue weighted by molar-refractivity contribution is -0.139. The molecule has 0 heterocycles. The predicted octanol–water partition coefficient (Wildman–Crippen LogP) is 5.80. The fourth-order valence-corrected chi connectivity index (χ4v) is 6.70. The highest BCUT2D eigenvalue weighted by molar-refractivity contribution is 7.92. The summed E-state index contributed by atoms with van der Waals surface area (Å²) in [5, 5.41) is 3.56. The highest BCUT2D eigenvalue weighted by atomic mass is 35.5. The lowest BCUT2D eigenvalue weighted by atomic mass is 9.95. The number of carbonyl (C=O) groups is 2. The highest BCUT2D eigenvalue weighted by Gasteiger charge is 2.33. The van der Waals surface area contributed by atoms with E-state index in [0.29, 0.717) is 28.6 Å². The van der Waals surface area contributed by atoms with E-state index in [-0.39, 0.29) is 23.4 Å². The SMILES string of the molecule is CCOc1ccc(S(=O)(=O)N(CC(=O)N(Cc2ccccc2Cl)[C@@H](C)C(=O)NC2CCCCC2)c2ccccc2)cc1. The van der Waals surface area contributed by atoms with Crippen molar-refractivity contribution in [2.45, 2.75) is 69.5 Å². The first kappa shape index (κ1) is 31.4. The van der Waals surface area contributed by atoms with Crippen molar-refractivity contribution >= 4 is 39.1 Å². The van der Waals surface area contributed by atoms with Gasteiger partial charge in [-0.2, -0.15) is 0 Å². The minimum Gasteiger partial charge on any atom is -0.494 e. The second-order valence-corrected chi connectivity index (χ2v) is 12.7. The van der Waals surface area contributed by atoms with Gasteiger partial charge in [0.25, 0.3) is 10.0 Å². The summed E-state index contributed by atoms with van der Waals surface area (Å²) in [5.74, 6) is -0.259. The Morgan fingerprint density at radius 3 is 2.24 bits per heavy atom. The molecule has 0 radical (unpaired) electrons. The maximum absolute atomic E-state index is 14.1. The second-order valence-electron chi connectivity index (χ2n) is 10.4. The summed E-state index contributed by atoms with van der Waals surface area (Å²) in [4.78, 5) is 28.9. The maximum atomic E-state index is 14.1. The monoisotopic (exact) mass is 611 g/mol. The third-order valence-electron chi connectivity index (χ3n) is 7.46. The Kier molecular flexibility index (Phi) is 10.9. The number of halogens is 1. The molecule has 0 bridgehead atoms. The summed E-state index contributed by atoms with van der Waals surface area (Å²) >= 11 is 6.45. The van der Waals surface area contributed by atoms with Gasteiger partial charge in [-0.15, -0.1) is 0 Å². The van der Waals surface area contributed by atoms with Crippen LogP contribution in [0.4, 0.5) is 5.69 Å². The number of benzene rings is 3. The molecule has 10 heteroatoms. The number of para-hydroxylation sites is 1. The summed E-state index contributed by atoms with van der Waals surface area (Å²) in [5.41, 5.74) is 0.988. The van der Waals surface area contributed by atoms with Crippen LogP contribution in [0.2, 0.25) is 5.02 Å². The van der Waals surface area contributed by atoms with E-state index in [9.17, 15) is 18.0 Å². The minimum atomic E-state index is -4.16. The average molecular weight is 612 g/mol. The van der Waals surface area contributed by atoms with Gasteiger partial charge in [0, 0.05) is 17.6 Å². The molecule has 224 valence electrons. The first-order valence-electron chi connectivity index (χ1n) is 14.3. The summed E-state index contributed by atoms with van der Waals surface area (Å²) in [6.07, 6.45) is 5.06. The Labute approximate surface area is 253 Å². The Balaban J connectivity index is 1.65. The van der Waals surface area contributed by atoms with E-state index >= 15 is 0 Å². The molecule has 1 fully saturated rings. The average Bonchev–Trinajstić information content (AvgIpc) is 3.00. The van der Waals surface area contributed by atoms with E-state index in [4.69, 9.17) is 16.3 Å². The second kappa shape index (κ2) is 14.6. The molecule has 0 spiro atoms. The Morgan fingerprint density at radius 2 is 1.60 bits per heavy atom. The molecule has 4 rings (SSSR count). The number of rotatable bonds is 12. The third kappa shape index (κ3) is 7.83. The van der Waals surface area contributed by atoms with Crippen LogP contribution in [-0.2, 0) is 26.2 Å². The fraction of sp³-hybridized carbons (Fsp3) is 0.375. The molecular formula is C32H38ClN3O5S. The van der Waals surface area contributed by atoms with E-state index in [1.54, 1.807) is 67.6 Å². The van der Waals surface area contributed by atoms with Crippen LogP contribution in [0.15, 0.2) is 83.8 Å². The van der Waals surface area contributed by atoms with Gasteiger partial charge in [0.2, 0.25) is 11.8 Å². The van der Waals surface area contributed by atoms with Crippen LogP contribution >= 0.6 is 11.6 Å². The van der Waals surface area contributed by atoms with Crippen LogP contribution in [-0.4, -0.2) is 50.4 Å². The van der Waals surface area contributed by atoms with Gasteiger partial charge in [0.05, 0.1) is 17.2 Å². The van der Waals surface area contributed by atoms with Gasteiger partial charge in [-0.25, -0.2) is 8.42 Å². The number of nitrogens with zero attached hydrogens (tertiary/aromatic N) is 2. The van der Waals surface area contributed by atoms with Crippen LogP contribution < -0.4 is 14.4 Å². The zero-order valence-electron chi connectivity index (χ0n) is 24.0. The Bertz CT molecular complexity index is 1440. The number of ether oxygens (including phenoxy) is 1. The maximum Gasteiger partial charge on any atom is 0.264 e.